The quantitative estimate of drug-likeness (QED) is 0.417. The highest BCUT2D eigenvalue weighted by Gasteiger charge is 2.16. The average molecular weight is 389 g/mol. The van der Waals surface area contributed by atoms with Crippen LogP contribution < -0.4 is 16.3 Å². The first-order valence-electron chi connectivity index (χ1n) is 10.2. The van der Waals surface area contributed by atoms with Gasteiger partial charge in [0.15, 0.2) is 5.96 Å². The van der Waals surface area contributed by atoms with Crippen molar-refractivity contribution in [2.75, 3.05) is 13.1 Å². The number of hydrogen-bond donors (Lipinski definition) is 2. The number of guanidine groups is 1. The number of hydrogen-bond acceptors (Lipinski definition) is 4. The average Bonchev–Trinajstić information content (AvgIpc) is 3.13. The van der Waals surface area contributed by atoms with Crippen molar-refractivity contribution < 1.29 is 0 Å². The first-order valence-corrected chi connectivity index (χ1v) is 10.2. The summed E-state index contributed by atoms with van der Waals surface area (Å²) in [5.74, 6) is 1.71. The normalized spacial score (nSPS) is 14.2. The highest BCUT2D eigenvalue weighted by Crippen LogP contribution is 2.12. The molecule has 1 aliphatic rings. The molecule has 0 saturated carbocycles. The van der Waals surface area contributed by atoms with Crippen LogP contribution in [0.5, 0.6) is 0 Å². The molecule has 28 heavy (non-hydrogen) atoms. The monoisotopic (exact) mass is 388 g/mol. The number of nitrogens with zero attached hydrogens (tertiary/aromatic N) is 6. The van der Waals surface area contributed by atoms with E-state index in [9.17, 15) is 4.79 Å². The molecule has 0 spiro atoms. The molecule has 3 rings (SSSR count). The largest absolute Gasteiger partial charge is 0.357 e. The molecule has 0 atom stereocenters. The first-order chi connectivity index (χ1) is 13.5. The van der Waals surface area contributed by atoms with Crippen LogP contribution in [0.4, 0.5) is 0 Å². The van der Waals surface area contributed by atoms with Crippen LogP contribution in [0.25, 0.3) is 0 Å². The fourth-order valence-electron chi connectivity index (χ4n) is 3.58. The van der Waals surface area contributed by atoms with E-state index in [1.165, 1.54) is 0 Å². The second-order valence-electron chi connectivity index (χ2n) is 7.28. The number of nitrogens with one attached hydrogen (secondary N) is 2. The van der Waals surface area contributed by atoms with Gasteiger partial charge in [-0.1, -0.05) is 0 Å². The lowest BCUT2D eigenvalue weighted by atomic mass is 10.2. The fraction of sp³-hybridized carbons (Fsp3) is 0.684. The maximum absolute atomic E-state index is 12.4. The van der Waals surface area contributed by atoms with Crippen LogP contribution in [0.2, 0.25) is 0 Å². The van der Waals surface area contributed by atoms with Gasteiger partial charge in [-0.05, 0) is 40.0 Å². The minimum Gasteiger partial charge on any atom is -0.357 e. The smallest absolute Gasteiger partial charge is 0.345 e. The molecule has 0 aromatic carbocycles. The standard InChI is InChI=1S/C19H32N8O/c1-5-20-18(22-13-16-14(2)23-25(4)15(16)3)21-10-8-12-27-19(28)26-11-7-6-9-17(26)24-27/h5-13H2,1-4H3,(H2,20,21,22). The molecule has 2 aromatic rings. The summed E-state index contributed by atoms with van der Waals surface area (Å²) in [5, 5.41) is 15.6. The Balaban J connectivity index is 1.54. The maximum atomic E-state index is 12.4. The molecule has 0 radical (unpaired) electrons. The van der Waals surface area contributed by atoms with Crippen LogP contribution in [-0.2, 0) is 33.1 Å². The predicted molar refractivity (Wildman–Crippen MR) is 110 cm³/mol. The van der Waals surface area contributed by atoms with Gasteiger partial charge < -0.3 is 10.6 Å². The molecule has 0 fully saturated rings. The third-order valence-corrected chi connectivity index (χ3v) is 5.27. The summed E-state index contributed by atoms with van der Waals surface area (Å²) in [5.41, 5.74) is 3.34. The zero-order valence-corrected chi connectivity index (χ0v) is 17.5. The molecule has 2 aromatic heterocycles. The Hall–Kier alpha value is -2.58. The molecule has 0 bridgehead atoms. The SMILES string of the molecule is CCNC(=NCc1c(C)nn(C)c1C)NCCCn1nc2n(c1=O)CCCC2. The van der Waals surface area contributed by atoms with E-state index in [1.807, 2.05) is 30.1 Å². The van der Waals surface area contributed by atoms with Crippen molar-refractivity contribution in [1.29, 1.82) is 0 Å². The number of rotatable bonds is 7. The zero-order chi connectivity index (χ0) is 20.1. The summed E-state index contributed by atoms with van der Waals surface area (Å²) < 4.78 is 5.32. The summed E-state index contributed by atoms with van der Waals surface area (Å²) in [6.07, 6.45) is 3.91. The van der Waals surface area contributed by atoms with Crippen LogP contribution >= 0.6 is 0 Å². The molecule has 1 aliphatic heterocycles. The first kappa shape index (κ1) is 20.2. The van der Waals surface area contributed by atoms with Gasteiger partial charge in [0.05, 0.1) is 12.2 Å². The lowest BCUT2D eigenvalue weighted by molar-refractivity contribution is 0.509. The molecule has 154 valence electrons. The van der Waals surface area contributed by atoms with Gasteiger partial charge in [0.2, 0.25) is 0 Å². The molecular formula is C19H32N8O. The van der Waals surface area contributed by atoms with E-state index in [0.717, 1.165) is 74.1 Å². The lowest BCUT2D eigenvalue weighted by Gasteiger charge is -2.11. The second-order valence-corrected chi connectivity index (χ2v) is 7.28. The molecule has 2 N–H and O–H groups in total. The Kier molecular flexibility index (Phi) is 6.53. The van der Waals surface area contributed by atoms with Crippen LogP contribution in [0.3, 0.4) is 0 Å². The molecule has 0 saturated heterocycles. The third kappa shape index (κ3) is 4.45. The van der Waals surface area contributed by atoms with Crippen molar-refractivity contribution in [3.8, 4) is 0 Å². The topological polar surface area (TPSA) is 94.1 Å². The van der Waals surface area contributed by atoms with Crippen molar-refractivity contribution in [2.45, 2.75) is 66.1 Å². The molecule has 3 heterocycles. The summed E-state index contributed by atoms with van der Waals surface area (Å²) >= 11 is 0. The highest BCUT2D eigenvalue weighted by atomic mass is 16.2. The van der Waals surface area contributed by atoms with Crippen molar-refractivity contribution >= 4 is 5.96 Å². The van der Waals surface area contributed by atoms with E-state index in [2.05, 4.69) is 32.7 Å². The second kappa shape index (κ2) is 9.07. The molecule has 9 nitrogen and oxygen atoms in total. The fourth-order valence-corrected chi connectivity index (χ4v) is 3.58. The zero-order valence-electron chi connectivity index (χ0n) is 17.5. The Morgan fingerprint density at radius 2 is 2.04 bits per heavy atom. The van der Waals surface area contributed by atoms with Gasteiger partial charge in [-0.3, -0.25) is 9.25 Å². The third-order valence-electron chi connectivity index (χ3n) is 5.27. The Labute approximate surface area is 165 Å². The Bertz CT molecular complexity index is 889. The number of aryl methyl sites for hydroxylation is 4. The van der Waals surface area contributed by atoms with Crippen molar-refractivity contribution in [1.82, 2.24) is 34.8 Å². The van der Waals surface area contributed by atoms with Crippen molar-refractivity contribution in [3.63, 3.8) is 0 Å². The summed E-state index contributed by atoms with van der Waals surface area (Å²) in [6, 6.07) is 0. The minimum absolute atomic E-state index is 0.0257. The van der Waals surface area contributed by atoms with E-state index < -0.39 is 0 Å². The number of aromatic nitrogens is 5. The summed E-state index contributed by atoms with van der Waals surface area (Å²) in [7, 11) is 1.95. The van der Waals surface area contributed by atoms with Crippen LogP contribution in [0.1, 0.15) is 49.0 Å². The van der Waals surface area contributed by atoms with Gasteiger partial charge in [-0.15, -0.1) is 0 Å². The summed E-state index contributed by atoms with van der Waals surface area (Å²) in [6.45, 7) is 9.66. The number of fused-ring (bicyclic) bond motifs is 1. The van der Waals surface area contributed by atoms with Gasteiger partial charge in [-0.2, -0.15) is 10.2 Å². The van der Waals surface area contributed by atoms with Crippen LogP contribution in [-0.4, -0.2) is 43.2 Å². The van der Waals surface area contributed by atoms with E-state index in [-0.39, 0.29) is 5.69 Å². The van der Waals surface area contributed by atoms with Gasteiger partial charge in [0, 0.05) is 50.9 Å². The summed E-state index contributed by atoms with van der Waals surface area (Å²) in [4.78, 5) is 17.1. The van der Waals surface area contributed by atoms with E-state index in [0.29, 0.717) is 13.1 Å². The van der Waals surface area contributed by atoms with E-state index >= 15 is 0 Å². The molecule has 9 heteroatoms. The minimum atomic E-state index is 0.0257. The van der Waals surface area contributed by atoms with Gasteiger partial charge in [0.1, 0.15) is 5.82 Å². The molecular weight excluding hydrogens is 356 g/mol. The van der Waals surface area contributed by atoms with E-state index in [1.54, 1.807) is 4.68 Å². The van der Waals surface area contributed by atoms with Crippen LogP contribution in [0.15, 0.2) is 9.79 Å². The predicted octanol–water partition coefficient (Wildman–Crippen LogP) is 0.877. The van der Waals surface area contributed by atoms with Crippen molar-refractivity contribution in [3.05, 3.63) is 33.3 Å². The van der Waals surface area contributed by atoms with Gasteiger partial charge >= 0.3 is 5.69 Å². The van der Waals surface area contributed by atoms with Crippen molar-refractivity contribution in [2.24, 2.45) is 12.0 Å². The molecule has 0 aliphatic carbocycles. The van der Waals surface area contributed by atoms with Gasteiger partial charge in [0.25, 0.3) is 0 Å². The molecule has 0 amide bonds. The lowest BCUT2D eigenvalue weighted by Crippen LogP contribution is -2.38. The Morgan fingerprint density at radius 1 is 1.21 bits per heavy atom. The highest BCUT2D eigenvalue weighted by molar-refractivity contribution is 5.79. The number of aliphatic imine (C=N–C) groups is 1. The van der Waals surface area contributed by atoms with Crippen LogP contribution in [0, 0.1) is 13.8 Å². The van der Waals surface area contributed by atoms with E-state index in [4.69, 9.17) is 0 Å². The maximum Gasteiger partial charge on any atom is 0.345 e. The molecule has 0 unspecified atom stereocenters. The Morgan fingerprint density at radius 3 is 2.71 bits per heavy atom. The van der Waals surface area contributed by atoms with Gasteiger partial charge in [-0.25, -0.2) is 14.5 Å².